The molecule has 0 aliphatic carbocycles. The molecule has 0 bridgehead atoms. The maximum atomic E-state index is 11.5. The third kappa shape index (κ3) is 14.6. The van der Waals surface area contributed by atoms with Crippen molar-refractivity contribution in [3.05, 3.63) is 113 Å². The van der Waals surface area contributed by atoms with Gasteiger partial charge in [0.25, 0.3) is 11.1 Å². The molecule has 0 saturated heterocycles. The first-order valence-corrected chi connectivity index (χ1v) is 16.8. The largest absolute Gasteiger partial charge is 2.00 e. The number of aromatic nitrogens is 10. The second kappa shape index (κ2) is 24.1. The molecule has 59 heavy (non-hydrogen) atoms. The Hall–Kier alpha value is -6.73. The van der Waals surface area contributed by atoms with Crippen LogP contribution < -0.4 is 22.6 Å². The van der Waals surface area contributed by atoms with E-state index in [1.165, 1.54) is 12.7 Å². The molecule has 0 aliphatic heterocycles. The molecule has 0 radical (unpaired) electrons. The number of rotatable bonds is 10. The SMILES string of the molecule is Nc1nc2c(ncn2CCC(CO)CO)c(=O)[nH]1.Nc1nc2c(ncn2CCC(CO)CO)c(=O)[nH]1.O=[N+]([O-])[O-].O=[N+]([O-])[O-].[Pt+2].c1cnc2c(c1)ccc1cccnc12. The zero-order valence-electron chi connectivity index (χ0n) is 30.6. The summed E-state index contributed by atoms with van der Waals surface area (Å²) in [6.45, 7) is 0.660. The molecule has 318 valence electrons. The fourth-order valence-electron chi connectivity index (χ4n) is 5.07. The molecule has 1 aromatic carbocycles. The van der Waals surface area contributed by atoms with Gasteiger partial charge < -0.3 is 71.7 Å². The topological polar surface area (TPSA) is 418 Å². The second-order valence-corrected chi connectivity index (χ2v) is 11.8. The van der Waals surface area contributed by atoms with Gasteiger partial charge in [0.1, 0.15) is 0 Å². The number of nitrogens with zero attached hydrogens (tertiary/aromatic N) is 10. The number of H-pyrrole nitrogens is 2. The van der Waals surface area contributed by atoms with E-state index >= 15 is 0 Å². The maximum Gasteiger partial charge on any atom is 2.00 e. The van der Waals surface area contributed by atoms with Crippen LogP contribution in [0.25, 0.3) is 44.1 Å². The molecule has 0 amide bonds. The smallest absolute Gasteiger partial charge is 0.396 e. The third-order valence-electron chi connectivity index (χ3n) is 7.92. The summed E-state index contributed by atoms with van der Waals surface area (Å²) in [5.74, 6) is -0.311. The zero-order valence-corrected chi connectivity index (χ0v) is 32.9. The van der Waals surface area contributed by atoms with E-state index in [2.05, 4.69) is 64.1 Å². The van der Waals surface area contributed by atoms with Gasteiger partial charge in [-0.05, 0) is 25.0 Å². The number of fused-ring (bicyclic) bond motifs is 5. The van der Waals surface area contributed by atoms with Crippen LogP contribution >= 0.6 is 0 Å². The predicted molar refractivity (Wildman–Crippen MR) is 207 cm³/mol. The molecule has 10 N–H and O–H groups in total. The first-order valence-electron chi connectivity index (χ1n) is 16.8. The van der Waals surface area contributed by atoms with E-state index in [4.69, 9.17) is 62.5 Å². The average Bonchev–Trinajstić information content (AvgIpc) is 3.80. The Labute approximate surface area is 344 Å². The van der Waals surface area contributed by atoms with E-state index < -0.39 is 10.2 Å². The Morgan fingerprint density at radius 3 is 1.27 bits per heavy atom. The minimum Gasteiger partial charge on any atom is -0.396 e. The molecule has 0 saturated carbocycles. The van der Waals surface area contributed by atoms with Gasteiger partial charge in [0, 0.05) is 74.5 Å². The Bertz CT molecular complexity index is 2340. The number of nitrogen functional groups attached to an aromatic ring is 2. The van der Waals surface area contributed by atoms with Crippen molar-refractivity contribution in [1.82, 2.24) is 49.0 Å². The Kier molecular flexibility index (Phi) is 19.8. The quantitative estimate of drug-likeness (QED) is 0.0495. The summed E-state index contributed by atoms with van der Waals surface area (Å²) in [4.78, 5) is 69.0. The summed E-state index contributed by atoms with van der Waals surface area (Å²) in [6.07, 6.45) is 7.73. The number of aliphatic hydroxyl groups is 4. The van der Waals surface area contributed by atoms with Gasteiger partial charge in [-0.1, -0.05) is 24.3 Å². The molecule has 0 aliphatic rings. The number of hydrogen-bond donors (Lipinski definition) is 8. The minimum atomic E-state index is -1.75. The molecule has 27 heteroatoms. The zero-order chi connectivity index (χ0) is 42.8. The number of hydrogen-bond acceptors (Lipinski definition) is 20. The number of imidazole rings is 2. The molecular weight excluding hydrogens is 968 g/mol. The van der Waals surface area contributed by atoms with Crippen LogP contribution in [0.2, 0.25) is 0 Å². The molecule has 0 spiro atoms. The van der Waals surface area contributed by atoms with Crippen molar-refractivity contribution in [2.75, 3.05) is 37.9 Å². The van der Waals surface area contributed by atoms with Gasteiger partial charge in [-0.25, -0.2) is 9.97 Å². The maximum absolute atomic E-state index is 11.5. The van der Waals surface area contributed by atoms with E-state index in [0.717, 1.165) is 21.8 Å². The second-order valence-electron chi connectivity index (χ2n) is 11.8. The molecule has 6 aromatic heterocycles. The van der Waals surface area contributed by atoms with Crippen LogP contribution in [0.5, 0.6) is 0 Å². The van der Waals surface area contributed by atoms with E-state index in [9.17, 15) is 9.59 Å². The first kappa shape index (κ1) is 48.4. The van der Waals surface area contributed by atoms with Crippen LogP contribution in [0.4, 0.5) is 11.9 Å². The number of pyridine rings is 2. The van der Waals surface area contributed by atoms with Gasteiger partial charge in [-0.2, -0.15) is 9.97 Å². The van der Waals surface area contributed by atoms with Gasteiger partial charge in [0.2, 0.25) is 11.9 Å². The fourth-order valence-corrected chi connectivity index (χ4v) is 5.07. The molecule has 6 heterocycles. The van der Waals surface area contributed by atoms with Crippen LogP contribution in [0.3, 0.4) is 0 Å². The summed E-state index contributed by atoms with van der Waals surface area (Å²) in [6, 6.07) is 12.1. The first-order chi connectivity index (χ1) is 27.7. The fraction of sp³-hybridized carbons (Fsp3) is 0.312. The molecule has 7 rings (SSSR count). The van der Waals surface area contributed by atoms with Gasteiger partial charge in [0.15, 0.2) is 22.3 Å². The summed E-state index contributed by atoms with van der Waals surface area (Å²) in [7, 11) is 0. The molecule has 0 atom stereocenters. The standard InChI is InChI=1S/C12H8N2.2C10H15N5O3.2NO3.Pt/c1-3-9-5-6-10-4-2-8-14-12(10)11(9)13-7-1;2*11-10-13-8-7(9(18)14-10)12-5-15(8)2-1-6(3-16)4-17;2*2-1(3)4;/h1-8H;2*5-6,16-17H,1-4H2,(H3,11,13,14,18);;;/q;;;2*-1;+2. The van der Waals surface area contributed by atoms with Crippen LogP contribution in [0.1, 0.15) is 12.8 Å². The van der Waals surface area contributed by atoms with Crippen molar-refractivity contribution in [1.29, 1.82) is 0 Å². The number of aryl methyl sites for hydroxylation is 2. The molecule has 0 unspecified atom stereocenters. The third-order valence-corrected chi connectivity index (χ3v) is 7.92. The van der Waals surface area contributed by atoms with E-state index in [-0.39, 0.29) is 93.4 Å². The summed E-state index contributed by atoms with van der Waals surface area (Å²) >= 11 is 0. The monoisotopic (exact) mass is 1010 g/mol. The molecule has 0 fully saturated rings. The average molecular weight is 1010 g/mol. The van der Waals surface area contributed by atoms with Crippen LogP contribution in [-0.2, 0) is 34.2 Å². The van der Waals surface area contributed by atoms with Crippen molar-refractivity contribution >= 4 is 56.0 Å². The molecule has 7 aromatic rings. The number of aliphatic hydroxyl groups excluding tert-OH is 4. The van der Waals surface area contributed by atoms with Crippen molar-refractivity contribution in [3.8, 4) is 0 Å². The minimum absolute atomic E-state index is 0. The van der Waals surface area contributed by atoms with Crippen LogP contribution in [-0.4, -0.2) is 106 Å². The normalized spacial score (nSPS) is 10.4. The number of nitrogens with two attached hydrogens (primary N) is 2. The van der Waals surface area contributed by atoms with Gasteiger partial charge in [-0.3, -0.25) is 29.5 Å². The van der Waals surface area contributed by atoms with E-state index in [0.29, 0.717) is 37.2 Å². The van der Waals surface area contributed by atoms with Crippen LogP contribution in [0, 0.1) is 42.5 Å². The molecule has 26 nitrogen and oxygen atoms in total. The number of aromatic amines is 2. The van der Waals surface area contributed by atoms with Gasteiger partial charge in [0.05, 0.1) is 33.9 Å². The Morgan fingerprint density at radius 1 is 0.610 bits per heavy atom. The Balaban J connectivity index is 0.000000278. The molecular formula is C32H38N14O12Pt. The predicted octanol–water partition coefficient (Wildman–Crippen LogP) is -0.312. The summed E-state index contributed by atoms with van der Waals surface area (Å²) in [5, 5.41) is 67.7. The number of nitrogens with one attached hydrogen (secondary N) is 2. The summed E-state index contributed by atoms with van der Waals surface area (Å²) < 4.78 is 3.36. The number of anilines is 2. The van der Waals surface area contributed by atoms with Crippen molar-refractivity contribution in [2.45, 2.75) is 25.9 Å². The van der Waals surface area contributed by atoms with Gasteiger partial charge >= 0.3 is 21.1 Å². The van der Waals surface area contributed by atoms with Crippen molar-refractivity contribution in [3.63, 3.8) is 0 Å². The van der Waals surface area contributed by atoms with E-state index in [1.807, 2.05) is 12.1 Å². The number of benzene rings is 1. The van der Waals surface area contributed by atoms with Gasteiger partial charge in [-0.15, -0.1) is 0 Å². The van der Waals surface area contributed by atoms with Crippen molar-refractivity contribution < 1.29 is 51.7 Å². The van der Waals surface area contributed by atoms with Crippen LogP contribution in [0.15, 0.2) is 71.0 Å². The Morgan fingerprint density at radius 2 is 0.949 bits per heavy atom. The van der Waals surface area contributed by atoms with E-state index in [1.54, 1.807) is 21.5 Å². The van der Waals surface area contributed by atoms with Crippen molar-refractivity contribution in [2.24, 2.45) is 11.8 Å². The summed E-state index contributed by atoms with van der Waals surface area (Å²) in [5.41, 5.74) is 13.4.